The van der Waals surface area contributed by atoms with Crippen LogP contribution in [0.2, 0.25) is 0 Å². The van der Waals surface area contributed by atoms with Gasteiger partial charge in [-0.1, -0.05) is 0 Å². The molecular weight excluding hydrogens is 240 g/mol. The Labute approximate surface area is 114 Å². The molecule has 1 aromatic rings. The van der Waals surface area contributed by atoms with Crippen molar-refractivity contribution in [3.63, 3.8) is 0 Å². The molecule has 2 N–H and O–H groups in total. The number of hydrogen-bond donors (Lipinski definition) is 2. The molecule has 2 amide bonds. The summed E-state index contributed by atoms with van der Waals surface area (Å²) in [6, 6.07) is 3.77. The largest absolute Gasteiger partial charge is 0.370 e. The summed E-state index contributed by atoms with van der Waals surface area (Å²) < 4.78 is 0. The fraction of sp³-hybridized carbons (Fsp3) is 0.571. The third-order valence-electron chi connectivity index (χ3n) is 3.13. The quantitative estimate of drug-likeness (QED) is 0.880. The van der Waals surface area contributed by atoms with Crippen LogP contribution >= 0.6 is 0 Å². The van der Waals surface area contributed by atoms with Gasteiger partial charge in [0.05, 0.1) is 11.9 Å². The number of pyridine rings is 1. The summed E-state index contributed by atoms with van der Waals surface area (Å²) in [7, 11) is 0. The van der Waals surface area contributed by atoms with Gasteiger partial charge in [0, 0.05) is 19.1 Å². The van der Waals surface area contributed by atoms with Gasteiger partial charge in [0.15, 0.2) is 0 Å². The Balaban J connectivity index is 1.92. The molecule has 1 aliphatic heterocycles. The molecule has 0 radical (unpaired) electrons. The van der Waals surface area contributed by atoms with Crippen LogP contribution in [-0.2, 0) is 0 Å². The van der Waals surface area contributed by atoms with Gasteiger partial charge in [0.25, 0.3) is 0 Å². The zero-order valence-corrected chi connectivity index (χ0v) is 11.6. The summed E-state index contributed by atoms with van der Waals surface area (Å²) >= 11 is 0. The lowest BCUT2D eigenvalue weighted by molar-refractivity contribution is 0.250. The van der Waals surface area contributed by atoms with E-state index in [1.54, 1.807) is 0 Å². The molecule has 0 aromatic carbocycles. The molecule has 0 atom stereocenters. The number of rotatable bonds is 3. The van der Waals surface area contributed by atoms with Gasteiger partial charge in [-0.15, -0.1) is 0 Å². The summed E-state index contributed by atoms with van der Waals surface area (Å²) in [6.45, 7) is 6.05. The average Bonchev–Trinajstić information content (AvgIpc) is 2.39. The fourth-order valence-corrected chi connectivity index (χ4v) is 2.21. The first-order chi connectivity index (χ1) is 9.15. The molecule has 1 aliphatic rings. The van der Waals surface area contributed by atoms with Gasteiger partial charge >= 0.3 is 6.03 Å². The molecule has 5 nitrogen and oxygen atoms in total. The Morgan fingerprint density at radius 1 is 1.26 bits per heavy atom. The standard InChI is InChI=1S/C14H22N4O/c1-11(2)16-14(19)17-13-7-6-12(10-15-13)18-8-4-3-5-9-18/h6-7,10-11H,3-5,8-9H2,1-2H3,(H2,15,16,17,19). The lowest BCUT2D eigenvalue weighted by atomic mass is 10.1. The van der Waals surface area contributed by atoms with Crippen LogP contribution in [0.25, 0.3) is 0 Å². The monoisotopic (exact) mass is 262 g/mol. The van der Waals surface area contributed by atoms with Gasteiger partial charge in [-0.05, 0) is 45.2 Å². The predicted octanol–water partition coefficient (Wildman–Crippen LogP) is 2.60. The maximum Gasteiger partial charge on any atom is 0.320 e. The number of aromatic nitrogens is 1. The van der Waals surface area contributed by atoms with Crippen LogP contribution in [0.1, 0.15) is 33.1 Å². The maximum atomic E-state index is 11.5. The molecule has 5 heteroatoms. The van der Waals surface area contributed by atoms with Crippen molar-refractivity contribution < 1.29 is 4.79 Å². The minimum absolute atomic E-state index is 0.118. The molecule has 2 heterocycles. The Bertz CT molecular complexity index is 410. The van der Waals surface area contributed by atoms with Crippen molar-refractivity contribution in [1.29, 1.82) is 0 Å². The lowest BCUT2D eigenvalue weighted by Gasteiger charge is -2.28. The summed E-state index contributed by atoms with van der Waals surface area (Å²) in [5.41, 5.74) is 1.13. The summed E-state index contributed by atoms with van der Waals surface area (Å²) in [6.07, 6.45) is 5.64. The average molecular weight is 262 g/mol. The van der Waals surface area contributed by atoms with Crippen molar-refractivity contribution in [2.45, 2.75) is 39.2 Å². The molecule has 0 bridgehead atoms. The topological polar surface area (TPSA) is 57.3 Å². The van der Waals surface area contributed by atoms with E-state index < -0.39 is 0 Å². The zero-order valence-electron chi connectivity index (χ0n) is 11.6. The third-order valence-corrected chi connectivity index (χ3v) is 3.13. The number of hydrogen-bond acceptors (Lipinski definition) is 3. The number of carbonyl (C=O) groups is 1. The molecule has 0 aliphatic carbocycles. The summed E-state index contributed by atoms with van der Waals surface area (Å²) in [4.78, 5) is 18.2. The predicted molar refractivity (Wildman–Crippen MR) is 77.6 cm³/mol. The fourth-order valence-electron chi connectivity index (χ4n) is 2.21. The number of amides is 2. The molecule has 2 rings (SSSR count). The maximum absolute atomic E-state index is 11.5. The first-order valence-electron chi connectivity index (χ1n) is 6.93. The number of urea groups is 1. The van der Waals surface area contributed by atoms with Crippen molar-refractivity contribution in [2.24, 2.45) is 0 Å². The summed E-state index contributed by atoms with van der Waals surface area (Å²) in [5, 5.41) is 5.49. The molecule has 104 valence electrons. The number of nitrogens with one attached hydrogen (secondary N) is 2. The SMILES string of the molecule is CC(C)NC(=O)Nc1ccc(N2CCCCC2)cn1. The normalized spacial score (nSPS) is 15.4. The highest BCUT2D eigenvalue weighted by Gasteiger charge is 2.11. The van der Waals surface area contributed by atoms with E-state index in [2.05, 4.69) is 20.5 Å². The van der Waals surface area contributed by atoms with Gasteiger partial charge in [0.2, 0.25) is 0 Å². The van der Waals surface area contributed by atoms with Crippen molar-refractivity contribution >= 4 is 17.5 Å². The molecule has 19 heavy (non-hydrogen) atoms. The van der Waals surface area contributed by atoms with E-state index in [1.807, 2.05) is 32.2 Å². The molecule has 0 unspecified atom stereocenters. The Hall–Kier alpha value is -1.78. The van der Waals surface area contributed by atoms with Crippen LogP contribution in [0.3, 0.4) is 0 Å². The molecular formula is C14H22N4O. The van der Waals surface area contributed by atoms with Crippen LogP contribution in [0.4, 0.5) is 16.3 Å². The van der Waals surface area contributed by atoms with E-state index >= 15 is 0 Å². The van der Waals surface area contributed by atoms with Crippen LogP contribution in [0, 0.1) is 0 Å². The number of carbonyl (C=O) groups excluding carboxylic acids is 1. The van der Waals surface area contributed by atoms with E-state index in [0.29, 0.717) is 5.82 Å². The second-order valence-corrected chi connectivity index (χ2v) is 5.20. The first-order valence-corrected chi connectivity index (χ1v) is 6.93. The zero-order chi connectivity index (χ0) is 13.7. The second kappa shape index (κ2) is 6.41. The number of anilines is 2. The Morgan fingerprint density at radius 2 is 2.00 bits per heavy atom. The van der Waals surface area contributed by atoms with Gasteiger partial charge < -0.3 is 10.2 Å². The van der Waals surface area contributed by atoms with Crippen LogP contribution < -0.4 is 15.5 Å². The smallest absolute Gasteiger partial charge is 0.320 e. The summed E-state index contributed by atoms with van der Waals surface area (Å²) in [5.74, 6) is 0.582. The second-order valence-electron chi connectivity index (χ2n) is 5.20. The van der Waals surface area contributed by atoms with Crippen LogP contribution in [0.15, 0.2) is 18.3 Å². The number of piperidine rings is 1. The van der Waals surface area contributed by atoms with Crippen molar-refractivity contribution in [3.05, 3.63) is 18.3 Å². The first kappa shape index (κ1) is 13.6. The third kappa shape index (κ3) is 4.12. The highest BCUT2D eigenvalue weighted by molar-refractivity contribution is 5.88. The molecule has 1 aromatic heterocycles. The minimum atomic E-state index is -0.215. The van der Waals surface area contributed by atoms with Crippen LogP contribution in [-0.4, -0.2) is 30.1 Å². The molecule has 0 saturated carbocycles. The van der Waals surface area contributed by atoms with Crippen molar-refractivity contribution in [3.8, 4) is 0 Å². The van der Waals surface area contributed by atoms with Gasteiger partial charge in [0.1, 0.15) is 5.82 Å². The van der Waals surface area contributed by atoms with E-state index in [9.17, 15) is 4.79 Å². The highest BCUT2D eigenvalue weighted by atomic mass is 16.2. The van der Waals surface area contributed by atoms with Gasteiger partial charge in [-0.3, -0.25) is 5.32 Å². The van der Waals surface area contributed by atoms with Crippen molar-refractivity contribution in [1.82, 2.24) is 10.3 Å². The lowest BCUT2D eigenvalue weighted by Crippen LogP contribution is -2.34. The van der Waals surface area contributed by atoms with E-state index in [-0.39, 0.29) is 12.1 Å². The van der Waals surface area contributed by atoms with Crippen molar-refractivity contribution in [2.75, 3.05) is 23.3 Å². The number of nitrogens with zero attached hydrogens (tertiary/aromatic N) is 2. The molecule has 0 spiro atoms. The highest BCUT2D eigenvalue weighted by Crippen LogP contribution is 2.19. The van der Waals surface area contributed by atoms with Gasteiger partial charge in [-0.25, -0.2) is 9.78 Å². The Morgan fingerprint density at radius 3 is 2.58 bits per heavy atom. The van der Waals surface area contributed by atoms with E-state index in [1.165, 1.54) is 19.3 Å². The van der Waals surface area contributed by atoms with Crippen LogP contribution in [0.5, 0.6) is 0 Å². The molecule has 1 fully saturated rings. The minimum Gasteiger partial charge on any atom is -0.370 e. The molecule has 1 saturated heterocycles. The van der Waals surface area contributed by atoms with E-state index in [0.717, 1.165) is 18.8 Å². The van der Waals surface area contributed by atoms with Gasteiger partial charge in [-0.2, -0.15) is 0 Å². The Kier molecular flexibility index (Phi) is 4.60. The van der Waals surface area contributed by atoms with E-state index in [4.69, 9.17) is 0 Å².